The standard InChI is InChI=1S/C44H87N3O7/c1-8-14-20-21-22-23-24-25-26-27-28-29-38(48-30-15-9-2)40(49-31-16-10-3)37(7)36-53-44-43(52-34-19-13-6)42(51-33-18-12-5)41(50-32-17-11-4)39(54-44)35-46-47-45/h37-44H,8-36H2,1-7H3/t37-,38+,39?,40-,41-,42?,43-,44+/m0/s1. The zero-order valence-corrected chi connectivity index (χ0v) is 36.3. The first-order valence-electron chi connectivity index (χ1n) is 22.9. The molecule has 1 fully saturated rings. The van der Waals surface area contributed by atoms with E-state index >= 15 is 0 Å². The van der Waals surface area contributed by atoms with Gasteiger partial charge in [-0.1, -0.05) is 156 Å². The highest BCUT2D eigenvalue weighted by Gasteiger charge is 2.49. The second kappa shape index (κ2) is 36.4. The molecule has 0 aromatic carbocycles. The Hall–Kier alpha value is -0.970. The number of azide groups is 1. The van der Waals surface area contributed by atoms with E-state index in [1.54, 1.807) is 0 Å². The second-order valence-corrected chi connectivity index (χ2v) is 15.6. The molecule has 2 unspecified atom stereocenters. The van der Waals surface area contributed by atoms with Crippen LogP contribution in [0.1, 0.15) is 190 Å². The van der Waals surface area contributed by atoms with Crippen molar-refractivity contribution in [1.29, 1.82) is 0 Å². The van der Waals surface area contributed by atoms with Crippen LogP contribution >= 0.6 is 0 Å². The largest absolute Gasteiger partial charge is 0.376 e. The average molecular weight is 770 g/mol. The maximum Gasteiger partial charge on any atom is 0.186 e. The number of hydrogen-bond acceptors (Lipinski definition) is 8. The molecule has 54 heavy (non-hydrogen) atoms. The molecular formula is C44H87N3O7. The summed E-state index contributed by atoms with van der Waals surface area (Å²) in [6.07, 6.45) is 23.0. The molecule has 10 nitrogen and oxygen atoms in total. The molecule has 0 spiro atoms. The Bertz CT molecular complexity index is 864. The zero-order valence-electron chi connectivity index (χ0n) is 36.3. The number of ether oxygens (including phenoxy) is 7. The third-order valence-electron chi connectivity index (χ3n) is 10.5. The number of nitrogens with zero attached hydrogens (tertiary/aromatic N) is 3. The summed E-state index contributed by atoms with van der Waals surface area (Å²) in [5.74, 6) is 0.0506. The molecule has 0 aromatic rings. The summed E-state index contributed by atoms with van der Waals surface area (Å²) in [5, 5.41) is 3.92. The molecule has 0 bridgehead atoms. The molecule has 0 saturated carbocycles. The smallest absolute Gasteiger partial charge is 0.186 e. The van der Waals surface area contributed by atoms with Crippen LogP contribution in [0, 0.1) is 5.92 Å². The molecule has 320 valence electrons. The van der Waals surface area contributed by atoms with E-state index in [-0.39, 0.29) is 24.7 Å². The van der Waals surface area contributed by atoms with Gasteiger partial charge < -0.3 is 33.2 Å². The minimum atomic E-state index is -0.705. The van der Waals surface area contributed by atoms with Crippen molar-refractivity contribution in [3.05, 3.63) is 10.4 Å². The topological polar surface area (TPSA) is 113 Å². The van der Waals surface area contributed by atoms with Crippen molar-refractivity contribution in [2.24, 2.45) is 11.0 Å². The lowest BCUT2D eigenvalue weighted by Crippen LogP contribution is -2.62. The number of unbranched alkanes of at least 4 members (excludes halogenated alkanes) is 15. The monoisotopic (exact) mass is 770 g/mol. The average Bonchev–Trinajstić information content (AvgIpc) is 3.17. The van der Waals surface area contributed by atoms with Crippen molar-refractivity contribution >= 4 is 0 Å². The zero-order chi connectivity index (χ0) is 39.5. The van der Waals surface area contributed by atoms with Crippen molar-refractivity contribution < 1.29 is 33.2 Å². The molecule has 10 heteroatoms. The van der Waals surface area contributed by atoms with Gasteiger partial charge in [-0.2, -0.15) is 0 Å². The summed E-state index contributed by atoms with van der Waals surface area (Å²) in [6.45, 7) is 19.1. The molecule has 8 atom stereocenters. The van der Waals surface area contributed by atoms with Gasteiger partial charge in [-0.05, 0) is 44.1 Å². The number of hydrogen-bond donors (Lipinski definition) is 0. The van der Waals surface area contributed by atoms with Gasteiger partial charge in [0.25, 0.3) is 0 Å². The predicted molar refractivity (Wildman–Crippen MR) is 222 cm³/mol. The van der Waals surface area contributed by atoms with E-state index in [2.05, 4.69) is 58.5 Å². The van der Waals surface area contributed by atoms with Gasteiger partial charge in [-0.3, -0.25) is 0 Å². The molecule has 1 aliphatic rings. The highest BCUT2D eigenvalue weighted by Crippen LogP contribution is 2.31. The quantitative estimate of drug-likeness (QED) is 0.0265. The minimum Gasteiger partial charge on any atom is -0.376 e. The van der Waals surface area contributed by atoms with Gasteiger partial charge in [0.15, 0.2) is 6.29 Å². The Kier molecular flexibility index (Phi) is 34.4. The van der Waals surface area contributed by atoms with E-state index in [9.17, 15) is 5.53 Å². The van der Waals surface area contributed by atoms with Gasteiger partial charge in [0, 0.05) is 43.9 Å². The van der Waals surface area contributed by atoms with E-state index in [1.807, 2.05) is 0 Å². The lowest BCUT2D eigenvalue weighted by atomic mass is 9.95. The molecule has 1 heterocycles. The van der Waals surface area contributed by atoms with E-state index < -0.39 is 30.7 Å². The van der Waals surface area contributed by atoms with Crippen LogP contribution in [0.4, 0.5) is 0 Å². The highest BCUT2D eigenvalue weighted by atomic mass is 16.7. The summed E-state index contributed by atoms with van der Waals surface area (Å²) in [4.78, 5) is 3.06. The van der Waals surface area contributed by atoms with Crippen molar-refractivity contribution in [1.82, 2.24) is 0 Å². The molecule has 1 aliphatic heterocycles. The third-order valence-corrected chi connectivity index (χ3v) is 10.5. The van der Waals surface area contributed by atoms with Crippen LogP contribution in [0.5, 0.6) is 0 Å². The molecule has 0 radical (unpaired) electrons. The van der Waals surface area contributed by atoms with Gasteiger partial charge in [0.1, 0.15) is 18.3 Å². The Morgan fingerprint density at radius 3 is 1.54 bits per heavy atom. The maximum atomic E-state index is 9.26. The van der Waals surface area contributed by atoms with Crippen molar-refractivity contribution in [2.45, 2.75) is 233 Å². The van der Waals surface area contributed by atoms with Crippen LogP contribution < -0.4 is 0 Å². The summed E-state index contributed by atoms with van der Waals surface area (Å²) in [7, 11) is 0. The normalized spacial score (nSPS) is 21.9. The molecule has 1 rings (SSSR count). The lowest BCUT2D eigenvalue weighted by molar-refractivity contribution is -0.319. The van der Waals surface area contributed by atoms with Crippen LogP contribution in [-0.2, 0) is 33.2 Å². The Balaban J connectivity index is 3.14. The third kappa shape index (κ3) is 23.3. The molecule has 1 saturated heterocycles. The first kappa shape index (κ1) is 51.0. The van der Waals surface area contributed by atoms with Crippen LogP contribution in [-0.4, -0.2) is 89.1 Å². The predicted octanol–water partition coefficient (Wildman–Crippen LogP) is 12.3. The van der Waals surface area contributed by atoms with Crippen molar-refractivity contribution in [3.8, 4) is 0 Å². The summed E-state index contributed by atoms with van der Waals surface area (Å²) >= 11 is 0. The molecule has 0 aromatic heterocycles. The highest BCUT2D eigenvalue weighted by molar-refractivity contribution is 4.94. The molecule has 0 N–H and O–H groups in total. The fraction of sp³-hybridized carbons (Fsp3) is 1.00. The maximum absolute atomic E-state index is 9.26. The Morgan fingerprint density at radius 1 is 0.537 bits per heavy atom. The molecule has 0 amide bonds. The van der Waals surface area contributed by atoms with E-state index in [4.69, 9.17) is 33.2 Å². The first-order chi connectivity index (χ1) is 26.5. The van der Waals surface area contributed by atoms with Gasteiger partial charge in [-0.25, -0.2) is 0 Å². The summed E-state index contributed by atoms with van der Waals surface area (Å²) < 4.78 is 46.3. The van der Waals surface area contributed by atoms with Crippen molar-refractivity contribution in [3.63, 3.8) is 0 Å². The van der Waals surface area contributed by atoms with Crippen LogP contribution in [0.2, 0.25) is 0 Å². The second-order valence-electron chi connectivity index (χ2n) is 15.6. The van der Waals surface area contributed by atoms with Gasteiger partial charge in [0.2, 0.25) is 0 Å². The Labute approximate surface area is 332 Å². The van der Waals surface area contributed by atoms with E-state index in [1.165, 1.54) is 64.2 Å². The minimum absolute atomic E-state index is 0.00799. The van der Waals surface area contributed by atoms with Crippen LogP contribution in [0.25, 0.3) is 10.4 Å². The summed E-state index contributed by atoms with van der Waals surface area (Å²) in [5.41, 5.74) is 9.26. The number of rotatable bonds is 39. The van der Waals surface area contributed by atoms with Crippen molar-refractivity contribution in [2.75, 3.05) is 46.2 Å². The first-order valence-corrected chi connectivity index (χ1v) is 22.9. The summed E-state index contributed by atoms with van der Waals surface area (Å²) in [6, 6.07) is 0. The van der Waals surface area contributed by atoms with E-state index in [0.717, 1.165) is 83.7 Å². The molecule has 0 aliphatic carbocycles. The molecular weight excluding hydrogens is 682 g/mol. The van der Waals surface area contributed by atoms with Gasteiger partial charge >= 0.3 is 0 Å². The fourth-order valence-electron chi connectivity index (χ4n) is 7.01. The Morgan fingerprint density at radius 2 is 1.00 bits per heavy atom. The lowest BCUT2D eigenvalue weighted by Gasteiger charge is -2.46. The SMILES string of the molecule is CCCCCCCCCCCCC[C@@H](OCCCC)[C@@H](OCCCC)[C@@H](C)CO[C@@H]1OC(CN=[N+]=[N-])[C@H](OCCCC)C(OCCCC)[C@@H]1OCCCC. The fourth-order valence-corrected chi connectivity index (χ4v) is 7.01. The van der Waals surface area contributed by atoms with Gasteiger partial charge in [-0.15, -0.1) is 0 Å². The van der Waals surface area contributed by atoms with E-state index in [0.29, 0.717) is 33.0 Å². The van der Waals surface area contributed by atoms with Crippen LogP contribution in [0.3, 0.4) is 0 Å². The van der Waals surface area contributed by atoms with Crippen LogP contribution in [0.15, 0.2) is 5.11 Å². The van der Waals surface area contributed by atoms with Gasteiger partial charge in [0.05, 0.1) is 31.5 Å².